The summed E-state index contributed by atoms with van der Waals surface area (Å²) in [4.78, 5) is 5.17. The minimum absolute atomic E-state index is 0.305. The number of nitrogens with one attached hydrogen (secondary N) is 1. The van der Waals surface area contributed by atoms with E-state index in [2.05, 4.69) is 49.9 Å². The van der Waals surface area contributed by atoms with Crippen LogP contribution in [0.1, 0.15) is 15.8 Å². The van der Waals surface area contributed by atoms with Crippen molar-refractivity contribution in [2.45, 2.75) is 13.0 Å². The number of fused-ring (bicyclic) bond motifs is 1. The number of nitrogens with zero attached hydrogens (tertiary/aromatic N) is 6. The number of rotatable bonds is 5. The molecule has 4 rings (SSSR count). The van der Waals surface area contributed by atoms with Crippen molar-refractivity contribution >= 4 is 22.8 Å². The minimum Gasteiger partial charge on any atom is -0.379 e. The average Bonchev–Trinajstić information content (AvgIpc) is 3.24. The topological polar surface area (TPSA) is 80.5 Å². The summed E-state index contributed by atoms with van der Waals surface area (Å²) in [6.45, 7) is 6.39. The maximum Gasteiger partial charge on any atom is 0.200 e. The van der Waals surface area contributed by atoms with Crippen LogP contribution in [0.3, 0.4) is 0 Å². The summed E-state index contributed by atoms with van der Waals surface area (Å²) in [5, 5.41) is 19.1. The molecule has 24 heavy (non-hydrogen) atoms. The first-order valence-electron chi connectivity index (χ1n) is 7.97. The van der Waals surface area contributed by atoms with Crippen molar-refractivity contribution in [3.63, 3.8) is 0 Å². The largest absolute Gasteiger partial charge is 0.379 e. The molecule has 1 fully saturated rings. The molecule has 1 saturated heterocycles. The third kappa shape index (κ3) is 3.23. The standard InChI is InChI=1S/C15H19N7OS/c1-11-2-3-13(24-11)12(21-6-8-23-9-7-21)10-16-14-4-5-15-17-19-20-22(15)18-14/h2-5,12H,6-10H2,1H3,(H,16,18)/t12-/m1/s1. The highest BCUT2D eigenvalue weighted by Gasteiger charge is 2.23. The Morgan fingerprint density at radius 1 is 1.25 bits per heavy atom. The Morgan fingerprint density at radius 3 is 2.92 bits per heavy atom. The molecule has 3 aromatic heterocycles. The van der Waals surface area contributed by atoms with Gasteiger partial charge in [-0.15, -0.1) is 26.2 Å². The lowest BCUT2D eigenvalue weighted by Crippen LogP contribution is -2.41. The fraction of sp³-hybridized carbons (Fsp3) is 0.467. The van der Waals surface area contributed by atoms with Crippen molar-refractivity contribution in [1.82, 2.24) is 30.2 Å². The molecule has 9 heteroatoms. The molecular weight excluding hydrogens is 326 g/mol. The summed E-state index contributed by atoms with van der Waals surface area (Å²) >= 11 is 1.85. The van der Waals surface area contributed by atoms with Gasteiger partial charge in [0.2, 0.25) is 0 Å². The molecule has 1 aliphatic rings. The molecule has 0 aliphatic carbocycles. The normalized spacial score (nSPS) is 17.2. The average molecular weight is 345 g/mol. The van der Waals surface area contributed by atoms with Crippen LogP contribution in [0.2, 0.25) is 0 Å². The molecule has 1 N–H and O–H groups in total. The van der Waals surface area contributed by atoms with Gasteiger partial charge in [0.1, 0.15) is 5.82 Å². The van der Waals surface area contributed by atoms with Crippen molar-refractivity contribution in [2.75, 3.05) is 38.2 Å². The molecule has 0 saturated carbocycles. The van der Waals surface area contributed by atoms with Gasteiger partial charge in [-0.3, -0.25) is 4.90 Å². The number of tetrazole rings is 1. The Bertz CT molecular complexity index is 811. The Morgan fingerprint density at radius 2 is 2.12 bits per heavy atom. The second-order valence-corrected chi connectivity index (χ2v) is 7.06. The van der Waals surface area contributed by atoms with E-state index in [9.17, 15) is 0 Å². The lowest BCUT2D eigenvalue weighted by atomic mass is 10.2. The highest BCUT2D eigenvalue weighted by molar-refractivity contribution is 7.12. The first-order valence-corrected chi connectivity index (χ1v) is 8.79. The van der Waals surface area contributed by atoms with Crippen LogP contribution in [0.5, 0.6) is 0 Å². The predicted octanol–water partition coefficient (Wildman–Crippen LogP) is 1.37. The van der Waals surface area contributed by atoms with Gasteiger partial charge in [0, 0.05) is 29.4 Å². The summed E-state index contributed by atoms with van der Waals surface area (Å²) in [5.74, 6) is 0.765. The zero-order chi connectivity index (χ0) is 16.4. The van der Waals surface area contributed by atoms with Gasteiger partial charge in [-0.2, -0.15) is 0 Å². The van der Waals surface area contributed by atoms with E-state index in [1.807, 2.05) is 23.5 Å². The van der Waals surface area contributed by atoms with E-state index in [0.29, 0.717) is 11.7 Å². The van der Waals surface area contributed by atoms with Gasteiger partial charge in [-0.05, 0) is 41.6 Å². The van der Waals surface area contributed by atoms with E-state index in [1.165, 1.54) is 14.4 Å². The van der Waals surface area contributed by atoms with E-state index in [0.717, 1.165) is 38.7 Å². The van der Waals surface area contributed by atoms with Gasteiger partial charge in [0.15, 0.2) is 5.65 Å². The minimum atomic E-state index is 0.305. The zero-order valence-corrected chi connectivity index (χ0v) is 14.2. The maximum atomic E-state index is 5.50. The molecule has 0 spiro atoms. The third-order valence-corrected chi connectivity index (χ3v) is 5.22. The third-order valence-electron chi connectivity index (χ3n) is 4.12. The molecule has 1 aliphatic heterocycles. The Kier molecular flexibility index (Phi) is 4.37. The lowest BCUT2D eigenvalue weighted by molar-refractivity contribution is 0.0194. The summed E-state index contributed by atoms with van der Waals surface area (Å²) in [6, 6.07) is 8.47. The van der Waals surface area contributed by atoms with Gasteiger partial charge < -0.3 is 10.1 Å². The molecule has 8 nitrogen and oxygen atoms in total. The summed E-state index contributed by atoms with van der Waals surface area (Å²) in [7, 11) is 0. The number of hydrogen-bond donors (Lipinski definition) is 1. The fourth-order valence-electron chi connectivity index (χ4n) is 2.88. The Balaban J connectivity index is 1.52. The quantitative estimate of drug-likeness (QED) is 0.748. The molecule has 3 aromatic rings. The van der Waals surface area contributed by atoms with Crippen molar-refractivity contribution in [3.8, 4) is 0 Å². The molecule has 4 heterocycles. The Labute approximate surface area is 143 Å². The second kappa shape index (κ2) is 6.80. The number of thiophene rings is 1. The van der Waals surface area contributed by atoms with Crippen LogP contribution in [0.15, 0.2) is 24.3 Å². The first-order chi connectivity index (χ1) is 11.8. The van der Waals surface area contributed by atoms with Crippen LogP contribution in [-0.2, 0) is 4.74 Å². The van der Waals surface area contributed by atoms with Gasteiger partial charge in [-0.1, -0.05) is 0 Å². The van der Waals surface area contributed by atoms with Crippen LogP contribution in [-0.4, -0.2) is 63.0 Å². The predicted molar refractivity (Wildman–Crippen MR) is 91.3 cm³/mol. The van der Waals surface area contributed by atoms with E-state index in [-0.39, 0.29) is 0 Å². The molecule has 0 unspecified atom stereocenters. The second-order valence-electron chi connectivity index (χ2n) is 5.74. The SMILES string of the molecule is Cc1ccc([C@@H](CNc2ccc3nnnn3n2)N2CCOCC2)s1. The molecular formula is C15H19N7OS. The smallest absolute Gasteiger partial charge is 0.200 e. The zero-order valence-electron chi connectivity index (χ0n) is 13.4. The summed E-state index contributed by atoms with van der Waals surface area (Å²) in [5.41, 5.74) is 0.638. The van der Waals surface area contributed by atoms with Crippen LogP contribution >= 0.6 is 11.3 Å². The summed E-state index contributed by atoms with van der Waals surface area (Å²) < 4.78 is 6.93. The van der Waals surface area contributed by atoms with E-state index in [1.54, 1.807) is 0 Å². The maximum absolute atomic E-state index is 5.50. The monoisotopic (exact) mass is 345 g/mol. The van der Waals surface area contributed by atoms with Gasteiger partial charge in [-0.25, -0.2) is 0 Å². The van der Waals surface area contributed by atoms with Gasteiger partial charge in [0.05, 0.1) is 19.3 Å². The number of aryl methyl sites for hydroxylation is 1. The molecule has 1 atom stereocenters. The number of anilines is 1. The molecule has 0 aromatic carbocycles. The number of aromatic nitrogens is 5. The summed E-state index contributed by atoms with van der Waals surface area (Å²) in [6.07, 6.45) is 0. The van der Waals surface area contributed by atoms with Crippen molar-refractivity contribution < 1.29 is 4.74 Å². The van der Waals surface area contributed by atoms with E-state index < -0.39 is 0 Å². The van der Waals surface area contributed by atoms with Crippen molar-refractivity contribution in [2.24, 2.45) is 0 Å². The van der Waals surface area contributed by atoms with E-state index in [4.69, 9.17) is 4.74 Å². The highest BCUT2D eigenvalue weighted by atomic mass is 32.1. The lowest BCUT2D eigenvalue weighted by Gasteiger charge is -2.34. The van der Waals surface area contributed by atoms with Gasteiger partial charge >= 0.3 is 0 Å². The van der Waals surface area contributed by atoms with Crippen molar-refractivity contribution in [3.05, 3.63) is 34.0 Å². The van der Waals surface area contributed by atoms with Crippen molar-refractivity contribution in [1.29, 1.82) is 0 Å². The van der Waals surface area contributed by atoms with E-state index >= 15 is 0 Å². The van der Waals surface area contributed by atoms with Crippen LogP contribution in [0, 0.1) is 6.92 Å². The van der Waals surface area contributed by atoms with Crippen LogP contribution < -0.4 is 5.32 Å². The number of morpholine rings is 1. The highest BCUT2D eigenvalue weighted by Crippen LogP contribution is 2.28. The number of ether oxygens (including phenoxy) is 1. The molecule has 0 radical (unpaired) electrons. The number of hydrogen-bond acceptors (Lipinski definition) is 8. The Hall–Kier alpha value is -2.10. The van der Waals surface area contributed by atoms with Gasteiger partial charge in [0.25, 0.3) is 0 Å². The van der Waals surface area contributed by atoms with Crippen LogP contribution in [0.25, 0.3) is 5.65 Å². The van der Waals surface area contributed by atoms with Crippen LogP contribution in [0.4, 0.5) is 5.82 Å². The molecule has 126 valence electrons. The first kappa shape index (κ1) is 15.4. The fourth-order valence-corrected chi connectivity index (χ4v) is 3.89. The molecule has 0 bridgehead atoms. The molecule has 0 amide bonds.